The molecule has 0 fully saturated rings. The first-order chi connectivity index (χ1) is 7.02. The molecule has 1 atom stereocenters. The molecule has 1 heteroatoms. The predicted octanol–water partition coefficient (Wildman–Crippen LogP) is 3.72. The molecular formula is C14H22O. The van der Waals surface area contributed by atoms with Gasteiger partial charge >= 0.3 is 0 Å². The topological polar surface area (TPSA) is 20.2 Å². The molecule has 0 aliphatic rings. The molecular weight excluding hydrogens is 184 g/mol. The van der Waals surface area contributed by atoms with Gasteiger partial charge in [0.05, 0.1) is 5.60 Å². The summed E-state index contributed by atoms with van der Waals surface area (Å²) in [7, 11) is 0. The molecule has 1 rings (SSSR count). The van der Waals surface area contributed by atoms with Crippen LogP contribution in [0, 0.1) is 5.92 Å². The Bertz CT molecular complexity index is 275. The number of aliphatic hydroxyl groups is 1. The molecule has 1 unspecified atom stereocenters. The zero-order valence-corrected chi connectivity index (χ0v) is 10.0. The van der Waals surface area contributed by atoms with Crippen molar-refractivity contribution in [3.63, 3.8) is 0 Å². The van der Waals surface area contributed by atoms with E-state index in [1.165, 1.54) is 6.42 Å². The van der Waals surface area contributed by atoms with Crippen LogP contribution in [0.4, 0.5) is 0 Å². The Hall–Kier alpha value is -0.820. The van der Waals surface area contributed by atoms with Gasteiger partial charge in [0.2, 0.25) is 0 Å². The van der Waals surface area contributed by atoms with Gasteiger partial charge in [-0.1, -0.05) is 50.6 Å². The third-order valence-corrected chi connectivity index (χ3v) is 2.84. The standard InChI is InChI=1S/C14H22O/c1-12(2)8-7-11-14(3,15)13-9-5-4-6-10-13/h4-6,9-10,12,15H,7-8,11H2,1-3H3. The zero-order valence-electron chi connectivity index (χ0n) is 10.0. The molecule has 0 saturated heterocycles. The van der Waals surface area contributed by atoms with E-state index in [1.54, 1.807) is 0 Å². The number of hydrogen-bond donors (Lipinski definition) is 1. The molecule has 0 aromatic heterocycles. The van der Waals surface area contributed by atoms with Gasteiger partial charge < -0.3 is 5.11 Å². The van der Waals surface area contributed by atoms with Crippen molar-refractivity contribution in [3.8, 4) is 0 Å². The molecule has 0 heterocycles. The molecule has 0 radical (unpaired) electrons. The summed E-state index contributed by atoms with van der Waals surface area (Å²) in [6, 6.07) is 9.93. The second-order valence-corrected chi connectivity index (χ2v) is 4.93. The van der Waals surface area contributed by atoms with Crippen LogP contribution in [-0.2, 0) is 5.60 Å². The Morgan fingerprint density at radius 1 is 1.20 bits per heavy atom. The summed E-state index contributed by atoms with van der Waals surface area (Å²) in [6.07, 6.45) is 3.11. The molecule has 84 valence electrons. The van der Waals surface area contributed by atoms with E-state index < -0.39 is 5.60 Å². The van der Waals surface area contributed by atoms with E-state index in [2.05, 4.69) is 13.8 Å². The molecule has 0 amide bonds. The van der Waals surface area contributed by atoms with Crippen LogP contribution in [0.2, 0.25) is 0 Å². The quantitative estimate of drug-likeness (QED) is 0.778. The van der Waals surface area contributed by atoms with Gasteiger partial charge in [0.1, 0.15) is 0 Å². The predicted molar refractivity (Wildman–Crippen MR) is 64.7 cm³/mol. The lowest BCUT2D eigenvalue weighted by molar-refractivity contribution is 0.0441. The molecule has 0 bridgehead atoms. The van der Waals surface area contributed by atoms with Gasteiger partial charge in [0, 0.05) is 0 Å². The largest absolute Gasteiger partial charge is 0.385 e. The second kappa shape index (κ2) is 5.32. The summed E-state index contributed by atoms with van der Waals surface area (Å²) in [5.41, 5.74) is 0.352. The van der Waals surface area contributed by atoms with E-state index >= 15 is 0 Å². The van der Waals surface area contributed by atoms with Crippen molar-refractivity contribution in [2.24, 2.45) is 5.92 Å². The minimum atomic E-state index is -0.670. The van der Waals surface area contributed by atoms with Crippen molar-refractivity contribution in [1.82, 2.24) is 0 Å². The summed E-state index contributed by atoms with van der Waals surface area (Å²) in [5, 5.41) is 10.3. The van der Waals surface area contributed by atoms with Crippen LogP contribution >= 0.6 is 0 Å². The molecule has 1 aromatic carbocycles. The first-order valence-corrected chi connectivity index (χ1v) is 5.80. The van der Waals surface area contributed by atoms with Crippen LogP contribution in [0.1, 0.15) is 45.6 Å². The van der Waals surface area contributed by atoms with Crippen LogP contribution in [-0.4, -0.2) is 5.11 Å². The fraction of sp³-hybridized carbons (Fsp3) is 0.571. The highest BCUT2D eigenvalue weighted by Crippen LogP contribution is 2.26. The van der Waals surface area contributed by atoms with Gasteiger partial charge in [-0.05, 0) is 31.2 Å². The van der Waals surface area contributed by atoms with E-state index in [9.17, 15) is 5.11 Å². The molecule has 0 spiro atoms. The Balaban J connectivity index is 2.52. The lowest BCUT2D eigenvalue weighted by Crippen LogP contribution is -2.20. The van der Waals surface area contributed by atoms with Crippen LogP contribution in [0.5, 0.6) is 0 Å². The van der Waals surface area contributed by atoms with Gasteiger partial charge in [-0.3, -0.25) is 0 Å². The van der Waals surface area contributed by atoms with E-state index in [0.717, 1.165) is 24.3 Å². The fourth-order valence-corrected chi connectivity index (χ4v) is 1.80. The van der Waals surface area contributed by atoms with Crippen LogP contribution in [0.3, 0.4) is 0 Å². The van der Waals surface area contributed by atoms with Crippen LogP contribution in [0.15, 0.2) is 30.3 Å². The summed E-state index contributed by atoms with van der Waals surface area (Å²) in [5.74, 6) is 0.719. The maximum absolute atomic E-state index is 10.3. The van der Waals surface area contributed by atoms with Crippen molar-refractivity contribution in [2.75, 3.05) is 0 Å². The minimum absolute atomic E-state index is 0.670. The molecule has 0 saturated carbocycles. The average molecular weight is 206 g/mol. The highest BCUT2D eigenvalue weighted by Gasteiger charge is 2.21. The van der Waals surface area contributed by atoms with Crippen molar-refractivity contribution < 1.29 is 5.11 Å². The van der Waals surface area contributed by atoms with Gasteiger partial charge in [-0.15, -0.1) is 0 Å². The molecule has 0 aliphatic heterocycles. The van der Waals surface area contributed by atoms with E-state index in [1.807, 2.05) is 37.3 Å². The average Bonchev–Trinajstić information content (AvgIpc) is 2.18. The van der Waals surface area contributed by atoms with Crippen molar-refractivity contribution >= 4 is 0 Å². The first kappa shape index (κ1) is 12.3. The summed E-state index contributed by atoms with van der Waals surface area (Å²) >= 11 is 0. The van der Waals surface area contributed by atoms with Gasteiger partial charge in [0.25, 0.3) is 0 Å². The highest BCUT2D eigenvalue weighted by atomic mass is 16.3. The maximum atomic E-state index is 10.3. The van der Waals surface area contributed by atoms with E-state index in [0.29, 0.717) is 0 Å². The third kappa shape index (κ3) is 4.05. The smallest absolute Gasteiger partial charge is 0.0868 e. The molecule has 15 heavy (non-hydrogen) atoms. The van der Waals surface area contributed by atoms with Crippen LogP contribution in [0.25, 0.3) is 0 Å². The lowest BCUT2D eigenvalue weighted by Gasteiger charge is -2.24. The summed E-state index contributed by atoms with van der Waals surface area (Å²) in [4.78, 5) is 0. The maximum Gasteiger partial charge on any atom is 0.0868 e. The van der Waals surface area contributed by atoms with Crippen LogP contribution < -0.4 is 0 Å². The van der Waals surface area contributed by atoms with Gasteiger partial charge in [-0.2, -0.15) is 0 Å². The van der Waals surface area contributed by atoms with E-state index in [-0.39, 0.29) is 0 Å². The Labute approximate surface area is 93.1 Å². The third-order valence-electron chi connectivity index (χ3n) is 2.84. The van der Waals surface area contributed by atoms with Gasteiger partial charge in [-0.25, -0.2) is 0 Å². The Kier molecular flexibility index (Phi) is 4.34. The molecule has 1 nitrogen and oxygen atoms in total. The Morgan fingerprint density at radius 3 is 2.33 bits per heavy atom. The number of rotatable bonds is 5. The monoisotopic (exact) mass is 206 g/mol. The molecule has 1 N–H and O–H groups in total. The number of benzene rings is 1. The SMILES string of the molecule is CC(C)CCCC(C)(O)c1ccccc1. The molecule has 1 aromatic rings. The van der Waals surface area contributed by atoms with Crippen molar-refractivity contribution in [3.05, 3.63) is 35.9 Å². The normalized spacial score (nSPS) is 15.3. The van der Waals surface area contributed by atoms with Crippen molar-refractivity contribution in [2.45, 2.75) is 45.6 Å². The Morgan fingerprint density at radius 2 is 1.80 bits per heavy atom. The lowest BCUT2D eigenvalue weighted by atomic mass is 9.89. The zero-order chi connectivity index (χ0) is 11.3. The second-order valence-electron chi connectivity index (χ2n) is 4.93. The van der Waals surface area contributed by atoms with Gasteiger partial charge in [0.15, 0.2) is 0 Å². The summed E-state index contributed by atoms with van der Waals surface area (Å²) < 4.78 is 0. The molecule has 0 aliphatic carbocycles. The highest BCUT2D eigenvalue weighted by molar-refractivity contribution is 5.21. The minimum Gasteiger partial charge on any atom is -0.385 e. The van der Waals surface area contributed by atoms with E-state index in [4.69, 9.17) is 0 Å². The van der Waals surface area contributed by atoms with Crippen molar-refractivity contribution in [1.29, 1.82) is 0 Å². The first-order valence-electron chi connectivity index (χ1n) is 5.80. The summed E-state index contributed by atoms with van der Waals surface area (Å²) in [6.45, 7) is 6.34. The fourth-order valence-electron chi connectivity index (χ4n) is 1.80. The number of hydrogen-bond acceptors (Lipinski definition) is 1.